The summed E-state index contributed by atoms with van der Waals surface area (Å²) < 4.78 is 0. The predicted octanol–water partition coefficient (Wildman–Crippen LogP) is 3.35. The maximum absolute atomic E-state index is 4.50. The molecular formula is C19H30N4. The maximum Gasteiger partial charge on any atom is 0.147 e. The van der Waals surface area contributed by atoms with E-state index in [0.29, 0.717) is 5.41 Å². The summed E-state index contributed by atoms with van der Waals surface area (Å²) in [6.07, 6.45) is 16.9. The third-order valence-corrected chi connectivity index (χ3v) is 6.29. The first-order valence-electron chi connectivity index (χ1n) is 9.56. The first kappa shape index (κ1) is 15.4. The topological polar surface area (TPSA) is 32.3 Å². The minimum absolute atomic E-state index is 0.504. The number of nitrogens with zero attached hydrogens (tertiary/aromatic N) is 4. The second-order valence-corrected chi connectivity index (χ2v) is 8.08. The highest BCUT2D eigenvalue weighted by Crippen LogP contribution is 2.40. The molecule has 1 aromatic rings. The zero-order valence-electron chi connectivity index (χ0n) is 14.3. The number of aromatic nitrogens is 2. The Hall–Kier alpha value is -1.16. The Balaban J connectivity index is 1.37. The van der Waals surface area contributed by atoms with Gasteiger partial charge in [-0.25, -0.2) is 4.98 Å². The molecule has 23 heavy (non-hydrogen) atoms. The van der Waals surface area contributed by atoms with Crippen molar-refractivity contribution in [1.29, 1.82) is 0 Å². The van der Waals surface area contributed by atoms with Gasteiger partial charge in [0.25, 0.3) is 0 Å². The van der Waals surface area contributed by atoms with Gasteiger partial charge in [0.05, 0.1) is 6.20 Å². The normalized spacial score (nSPS) is 30.2. The molecule has 0 aromatic carbocycles. The Labute approximate surface area is 140 Å². The number of hydrogen-bond acceptors (Lipinski definition) is 4. The van der Waals surface area contributed by atoms with E-state index < -0.39 is 0 Å². The summed E-state index contributed by atoms with van der Waals surface area (Å²) in [6.45, 7) is 6.30. The molecule has 1 aliphatic carbocycles. The Morgan fingerprint density at radius 1 is 1.00 bits per heavy atom. The molecule has 1 aromatic heterocycles. The average molecular weight is 314 g/mol. The number of anilines is 1. The van der Waals surface area contributed by atoms with Gasteiger partial charge < -0.3 is 9.80 Å². The van der Waals surface area contributed by atoms with Gasteiger partial charge in [0.15, 0.2) is 0 Å². The molecule has 1 atom stereocenters. The number of likely N-dealkylation sites (tertiary alicyclic amines) is 1. The molecule has 126 valence electrons. The van der Waals surface area contributed by atoms with Crippen LogP contribution in [0.3, 0.4) is 0 Å². The van der Waals surface area contributed by atoms with E-state index in [1.165, 1.54) is 77.5 Å². The van der Waals surface area contributed by atoms with Gasteiger partial charge in [-0.1, -0.05) is 19.3 Å². The zero-order chi connectivity index (χ0) is 15.5. The molecular weight excluding hydrogens is 284 g/mol. The van der Waals surface area contributed by atoms with Crippen LogP contribution in [0, 0.1) is 11.3 Å². The van der Waals surface area contributed by atoms with E-state index in [9.17, 15) is 0 Å². The Morgan fingerprint density at radius 2 is 1.91 bits per heavy atom. The summed E-state index contributed by atoms with van der Waals surface area (Å²) >= 11 is 0. The lowest BCUT2D eigenvalue weighted by molar-refractivity contribution is 0.0838. The summed E-state index contributed by atoms with van der Waals surface area (Å²) in [6, 6.07) is 0. The van der Waals surface area contributed by atoms with Crippen LogP contribution in [0.15, 0.2) is 18.6 Å². The summed E-state index contributed by atoms with van der Waals surface area (Å²) in [5.41, 5.74) is 0.504. The average Bonchev–Trinajstić information content (AvgIpc) is 3.00. The number of rotatable bonds is 3. The van der Waals surface area contributed by atoms with Gasteiger partial charge in [0.1, 0.15) is 5.82 Å². The molecule has 0 bridgehead atoms. The molecule has 3 fully saturated rings. The highest BCUT2D eigenvalue weighted by atomic mass is 15.2. The maximum atomic E-state index is 4.50. The number of piperidine rings is 1. The van der Waals surface area contributed by atoms with E-state index in [4.69, 9.17) is 0 Å². The Morgan fingerprint density at radius 3 is 2.74 bits per heavy atom. The molecule has 0 amide bonds. The molecule has 3 heterocycles. The molecule has 1 spiro atoms. The zero-order valence-corrected chi connectivity index (χ0v) is 14.3. The molecule has 2 saturated heterocycles. The fraction of sp³-hybridized carbons (Fsp3) is 0.789. The van der Waals surface area contributed by atoms with Gasteiger partial charge in [-0.15, -0.1) is 0 Å². The first-order valence-corrected chi connectivity index (χ1v) is 9.56. The van der Waals surface area contributed by atoms with E-state index in [-0.39, 0.29) is 0 Å². The van der Waals surface area contributed by atoms with Crippen LogP contribution in [0.5, 0.6) is 0 Å². The molecule has 2 aliphatic heterocycles. The SMILES string of the molecule is c1cnc(N2CC[C@@]3(CCCN(CC4CCCCC4)C3)C2)cn1. The van der Waals surface area contributed by atoms with Crippen molar-refractivity contribution in [2.24, 2.45) is 11.3 Å². The molecule has 0 N–H and O–H groups in total. The second kappa shape index (κ2) is 6.76. The summed E-state index contributed by atoms with van der Waals surface area (Å²) in [5.74, 6) is 2.03. The van der Waals surface area contributed by atoms with Crippen molar-refractivity contribution in [3.63, 3.8) is 0 Å². The third kappa shape index (κ3) is 3.52. The van der Waals surface area contributed by atoms with Gasteiger partial charge in [0, 0.05) is 44.0 Å². The van der Waals surface area contributed by atoms with Crippen LogP contribution in [0.25, 0.3) is 0 Å². The smallest absolute Gasteiger partial charge is 0.147 e. The summed E-state index contributed by atoms with van der Waals surface area (Å²) in [5, 5.41) is 0. The van der Waals surface area contributed by atoms with Gasteiger partial charge in [-0.3, -0.25) is 4.98 Å². The fourth-order valence-electron chi connectivity index (χ4n) is 5.12. The van der Waals surface area contributed by atoms with Crippen LogP contribution in [0.2, 0.25) is 0 Å². The van der Waals surface area contributed by atoms with Gasteiger partial charge in [-0.05, 0) is 44.6 Å². The summed E-state index contributed by atoms with van der Waals surface area (Å²) in [7, 11) is 0. The molecule has 4 heteroatoms. The highest BCUT2D eigenvalue weighted by Gasteiger charge is 2.42. The van der Waals surface area contributed by atoms with Crippen molar-refractivity contribution in [2.75, 3.05) is 37.6 Å². The minimum Gasteiger partial charge on any atom is -0.355 e. The monoisotopic (exact) mass is 314 g/mol. The largest absolute Gasteiger partial charge is 0.355 e. The van der Waals surface area contributed by atoms with E-state index in [1.807, 2.05) is 12.4 Å². The summed E-state index contributed by atoms with van der Waals surface area (Å²) in [4.78, 5) is 14.0. The van der Waals surface area contributed by atoms with Crippen molar-refractivity contribution in [3.05, 3.63) is 18.6 Å². The Bertz CT molecular complexity index is 499. The fourth-order valence-corrected chi connectivity index (χ4v) is 5.12. The molecule has 4 rings (SSSR count). The lowest BCUT2D eigenvalue weighted by Gasteiger charge is -2.42. The van der Waals surface area contributed by atoms with E-state index >= 15 is 0 Å². The molecule has 1 saturated carbocycles. The van der Waals surface area contributed by atoms with E-state index in [0.717, 1.165) is 18.3 Å². The molecule has 0 unspecified atom stereocenters. The second-order valence-electron chi connectivity index (χ2n) is 8.08. The van der Waals surface area contributed by atoms with Crippen molar-refractivity contribution in [1.82, 2.24) is 14.9 Å². The van der Waals surface area contributed by atoms with Crippen LogP contribution >= 0.6 is 0 Å². The van der Waals surface area contributed by atoms with Gasteiger partial charge in [-0.2, -0.15) is 0 Å². The van der Waals surface area contributed by atoms with Crippen LogP contribution in [-0.4, -0.2) is 47.6 Å². The van der Waals surface area contributed by atoms with Crippen molar-refractivity contribution in [2.45, 2.75) is 51.4 Å². The third-order valence-electron chi connectivity index (χ3n) is 6.29. The van der Waals surface area contributed by atoms with Crippen LogP contribution in [0.1, 0.15) is 51.4 Å². The first-order chi connectivity index (χ1) is 11.3. The van der Waals surface area contributed by atoms with Crippen molar-refractivity contribution in [3.8, 4) is 0 Å². The lowest BCUT2D eigenvalue weighted by atomic mass is 9.78. The Kier molecular flexibility index (Phi) is 4.52. The minimum atomic E-state index is 0.504. The van der Waals surface area contributed by atoms with Crippen molar-refractivity contribution >= 4 is 5.82 Å². The molecule has 4 nitrogen and oxygen atoms in total. The van der Waals surface area contributed by atoms with Crippen LogP contribution < -0.4 is 4.90 Å². The van der Waals surface area contributed by atoms with E-state index in [2.05, 4.69) is 19.8 Å². The number of hydrogen-bond donors (Lipinski definition) is 0. The lowest BCUT2D eigenvalue weighted by Crippen LogP contribution is -2.46. The van der Waals surface area contributed by atoms with Gasteiger partial charge >= 0.3 is 0 Å². The van der Waals surface area contributed by atoms with Crippen molar-refractivity contribution < 1.29 is 0 Å². The van der Waals surface area contributed by atoms with Crippen LogP contribution in [-0.2, 0) is 0 Å². The van der Waals surface area contributed by atoms with Crippen LogP contribution in [0.4, 0.5) is 5.82 Å². The standard InChI is InChI=1S/C19H30N4/c1-2-5-17(6-3-1)14-22-11-4-7-19(15-22)8-12-23(16-19)18-13-20-9-10-21-18/h9-10,13,17H,1-8,11-12,14-16H2/t19-/m1/s1. The van der Waals surface area contributed by atoms with E-state index in [1.54, 1.807) is 6.20 Å². The molecule has 3 aliphatic rings. The molecule has 0 radical (unpaired) electrons. The van der Waals surface area contributed by atoms with Gasteiger partial charge in [0.2, 0.25) is 0 Å². The quantitative estimate of drug-likeness (QED) is 0.856. The highest BCUT2D eigenvalue weighted by molar-refractivity contribution is 5.37. The predicted molar refractivity (Wildman–Crippen MR) is 93.5 cm³/mol.